The van der Waals surface area contributed by atoms with Gasteiger partial charge in [0.2, 0.25) is 5.91 Å². The zero-order valence-corrected chi connectivity index (χ0v) is 24.7. The first-order valence-electron chi connectivity index (χ1n) is 13.3. The second-order valence-electron chi connectivity index (χ2n) is 9.48. The van der Waals surface area contributed by atoms with E-state index >= 15 is 0 Å². The van der Waals surface area contributed by atoms with Gasteiger partial charge in [0.15, 0.2) is 0 Å². The van der Waals surface area contributed by atoms with Gasteiger partial charge in [0.05, 0.1) is 5.75 Å². The van der Waals surface area contributed by atoms with Gasteiger partial charge in [0.1, 0.15) is 0 Å². The van der Waals surface area contributed by atoms with Crippen LogP contribution in [0.25, 0.3) is 5.57 Å². The number of amides is 1. The molecule has 4 rings (SSSR count). The second-order valence-corrected chi connectivity index (χ2v) is 13.5. The molecule has 1 heterocycles. The molecule has 0 aromatic heterocycles. The van der Waals surface area contributed by atoms with Crippen LogP contribution in [0.4, 0.5) is 11.4 Å². The van der Waals surface area contributed by atoms with Gasteiger partial charge in [-0.15, -0.1) is 23.5 Å². The molecule has 40 heavy (non-hydrogen) atoms. The molecular weight excluding hydrogens is 563 g/mol. The van der Waals surface area contributed by atoms with E-state index in [9.17, 15) is 17.8 Å². The highest BCUT2D eigenvalue weighted by atomic mass is 32.2. The van der Waals surface area contributed by atoms with E-state index in [1.54, 1.807) is 23.5 Å². The molecule has 0 unspecified atom stereocenters. The predicted molar refractivity (Wildman–Crippen MR) is 168 cm³/mol. The van der Waals surface area contributed by atoms with E-state index in [2.05, 4.69) is 83.1 Å². The summed E-state index contributed by atoms with van der Waals surface area (Å²) < 4.78 is 33.0. The van der Waals surface area contributed by atoms with Crippen LogP contribution in [-0.2, 0) is 21.5 Å². The van der Waals surface area contributed by atoms with Crippen LogP contribution in [0.3, 0.4) is 0 Å². The molecule has 0 fully saturated rings. The van der Waals surface area contributed by atoms with Gasteiger partial charge in [-0.1, -0.05) is 73.2 Å². The first kappa shape index (κ1) is 30.2. The second kappa shape index (κ2) is 14.7. The topological polar surface area (TPSA) is 113 Å². The smallest absolute Gasteiger partial charge is 0.264 e. The fraction of sp³-hybridized carbons (Fsp3) is 0.300. The fourth-order valence-electron chi connectivity index (χ4n) is 4.67. The van der Waals surface area contributed by atoms with Crippen molar-refractivity contribution < 1.29 is 17.8 Å². The summed E-state index contributed by atoms with van der Waals surface area (Å²) in [6.45, 7) is 0.739. The molecule has 1 aliphatic heterocycles. The summed E-state index contributed by atoms with van der Waals surface area (Å²) >= 11 is 3.41. The number of para-hydroxylation sites is 2. The number of carbonyl (C=O) groups is 1. The molecule has 0 saturated carbocycles. The molecule has 7 nitrogen and oxygen atoms in total. The van der Waals surface area contributed by atoms with Gasteiger partial charge in [-0.3, -0.25) is 14.8 Å². The molecule has 1 amide bonds. The number of thioether (sulfide) groups is 2. The average Bonchev–Trinajstić information content (AvgIpc) is 2.96. The lowest BCUT2D eigenvalue weighted by atomic mass is 9.91. The Morgan fingerprint density at radius 2 is 1.38 bits per heavy atom. The van der Waals surface area contributed by atoms with Gasteiger partial charge >= 0.3 is 0 Å². The molecule has 0 atom stereocenters. The molecule has 4 N–H and O–H groups in total. The number of hydrogen-bond donors (Lipinski definition) is 3. The monoisotopic (exact) mass is 597 g/mol. The van der Waals surface area contributed by atoms with Crippen molar-refractivity contribution in [2.45, 2.75) is 38.6 Å². The van der Waals surface area contributed by atoms with Crippen LogP contribution >= 0.6 is 23.5 Å². The van der Waals surface area contributed by atoms with Gasteiger partial charge in [-0.25, -0.2) is 5.84 Å². The molecule has 0 radical (unpaired) electrons. The molecule has 0 saturated heterocycles. The maximum Gasteiger partial charge on any atom is 0.264 e. The lowest BCUT2D eigenvalue weighted by molar-refractivity contribution is -0.121. The van der Waals surface area contributed by atoms with Crippen LogP contribution < -0.4 is 16.2 Å². The quantitative estimate of drug-likeness (QED) is 0.0648. The van der Waals surface area contributed by atoms with Crippen molar-refractivity contribution in [1.29, 1.82) is 0 Å². The van der Waals surface area contributed by atoms with Gasteiger partial charge in [0.25, 0.3) is 10.1 Å². The Bertz CT molecular complexity index is 1380. The van der Waals surface area contributed by atoms with Crippen LogP contribution in [0, 0.1) is 0 Å². The molecule has 0 spiro atoms. The minimum Gasteiger partial charge on any atom is -0.336 e. The zero-order valence-electron chi connectivity index (χ0n) is 22.3. The Kier molecular flexibility index (Phi) is 11.1. The average molecular weight is 598 g/mol. The Hall–Kier alpha value is -2.76. The van der Waals surface area contributed by atoms with Crippen molar-refractivity contribution in [3.05, 3.63) is 99.8 Å². The summed E-state index contributed by atoms with van der Waals surface area (Å²) in [6.07, 6.45) is 3.40. The van der Waals surface area contributed by atoms with E-state index in [1.165, 1.54) is 5.56 Å². The standard InChI is InChI=1S/C30H35N3O4S3/c31-32-28(34)18-5-2-10-19-38-30(39-20-11-21-40(35,36)37)29-24-14-6-8-16-26(24)33(22-23-12-3-1-4-13-23)27-17-9-7-15-25(27)29/h1,3-4,6-9,12-17H,2,5,10-11,18-22,31H2,(H,32,34)(H,35,36,37). The molecule has 3 aromatic carbocycles. The Balaban J connectivity index is 1.66. The van der Waals surface area contributed by atoms with Gasteiger partial charge in [-0.05, 0) is 48.5 Å². The number of fused-ring (bicyclic) bond motifs is 2. The lowest BCUT2D eigenvalue weighted by Crippen LogP contribution is -2.29. The molecular formula is C30H35N3O4S3. The van der Waals surface area contributed by atoms with Crippen molar-refractivity contribution in [1.82, 2.24) is 5.43 Å². The Morgan fingerprint density at radius 3 is 1.98 bits per heavy atom. The Labute approximate surface area is 245 Å². The van der Waals surface area contributed by atoms with E-state index in [-0.39, 0.29) is 11.7 Å². The van der Waals surface area contributed by atoms with Crippen LogP contribution in [0.1, 0.15) is 48.8 Å². The number of nitrogens with one attached hydrogen (secondary N) is 1. The first-order chi connectivity index (χ1) is 19.4. The van der Waals surface area contributed by atoms with Crippen molar-refractivity contribution in [3.63, 3.8) is 0 Å². The van der Waals surface area contributed by atoms with Crippen molar-refractivity contribution >= 4 is 56.5 Å². The zero-order chi connectivity index (χ0) is 28.4. The summed E-state index contributed by atoms with van der Waals surface area (Å²) in [5.41, 5.74) is 9.09. The van der Waals surface area contributed by atoms with Crippen LogP contribution in [0.15, 0.2) is 83.1 Å². The third kappa shape index (κ3) is 8.37. The number of hydrazine groups is 1. The summed E-state index contributed by atoms with van der Waals surface area (Å²) in [5, 5.41) is 0. The summed E-state index contributed by atoms with van der Waals surface area (Å²) in [7, 11) is -4.00. The highest BCUT2D eigenvalue weighted by Crippen LogP contribution is 2.50. The summed E-state index contributed by atoms with van der Waals surface area (Å²) in [6, 6.07) is 27.3. The maximum atomic E-state index is 11.4. The van der Waals surface area contributed by atoms with Crippen LogP contribution in [0.2, 0.25) is 0 Å². The SMILES string of the molecule is NNC(=O)CCCCCSC(SCCCS(=O)(=O)O)=C1c2ccccc2N(Cc2ccccc2)c2ccccc21. The number of carbonyl (C=O) groups excluding carboxylic acids is 1. The van der Waals surface area contributed by atoms with Gasteiger partial charge < -0.3 is 4.90 Å². The summed E-state index contributed by atoms with van der Waals surface area (Å²) in [4.78, 5) is 13.8. The molecule has 212 valence electrons. The largest absolute Gasteiger partial charge is 0.336 e. The van der Waals surface area contributed by atoms with Crippen LogP contribution in [0.5, 0.6) is 0 Å². The van der Waals surface area contributed by atoms with Crippen molar-refractivity contribution in [2.75, 3.05) is 22.2 Å². The number of unbranched alkanes of at least 4 members (excludes halogenated alkanes) is 2. The number of benzene rings is 3. The molecule has 3 aromatic rings. The molecule has 0 aliphatic carbocycles. The van der Waals surface area contributed by atoms with E-state index < -0.39 is 10.1 Å². The van der Waals surface area contributed by atoms with Gasteiger partial charge in [0, 0.05) is 45.3 Å². The molecule has 0 bridgehead atoms. The molecule has 10 heteroatoms. The lowest BCUT2D eigenvalue weighted by Gasteiger charge is -2.35. The minimum absolute atomic E-state index is 0.152. The maximum absolute atomic E-state index is 11.4. The van der Waals surface area contributed by atoms with E-state index in [0.717, 1.165) is 63.9 Å². The number of hydrogen-bond acceptors (Lipinski definition) is 7. The number of anilines is 2. The van der Waals surface area contributed by atoms with Crippen LogP contribution in [-0.4, -0.2) is 36.1 Å². The normalized spacial score (nSPS) is 12.6. The predicted octanol–water partition coefficient (Wildman–Crippen LogP) is 6.35. The third-order valence-electron chi connectivity index (χ3n) is 6.54. The number of nitrogens with two attached hydrogens (primary N) is 1. The van der Waals surface area contributed by atoms with Gasteiger partial charge in [-0.2, -0.15) is 8.42 Å². The van der Waals surface area contributed by atoms with Crippen molar-refractivity contribution in [3.8, 4) is 0 Å². The third-order valence-corrected chi connectivity index (χ3v) is 9.97. The highest BCUT2D eigenvalue weighted by Gasteiger charge is 2.28. The number of rotatable bonds is 14. The fourth-order valence-corrected chi connectivity index (χ4v) is 7.93. The number of nitrogens with zero attached hydrogens (tertiary/aromatic N) is 1. The molecule has 1 aliphatic rings. The summed E-state index contributed by atoms with van der Waals surface area (Å²) in [5.74, 6) is 6.21. The van der Waals surface area contributed by atoms with E-state index in [0.29, 0.717) is 18.6 Å². The van der Waals surface area contributed by atoms with E-state index in [4.69, 9.17) is 5.84 Å². The van der Waals surface area contributed by atoms with Crippen molar-refractivity contribution in [2.24, 2.45) is 5.84 Å². The minimum atomic E-state index is -4.00. The first-order valence-corrected chi connectivity index (χ1v) is 16.9. The Morgan fingerprint density at radius 1 is 0.800 bits per heavy atom. The van der Waals surface area contributed by atoms with E-state index in [1.807, 2.05) is 6.07 Å². The highest BCUT2D eigenvalue weighted by molar-refractivity contribution is 8.22.